The molecule has 0 radical (unpaired) electrons. The second-order valence-corrected chi connectivity index (χ2v) is 6.05. The highest BCUT2D eigenvalue weighted by atomic mass is 32.2. The summed E-state index contributed by atoms with van der Waals surface area (Å²) in [5.41, 5.74) is 7.13. The number of nitrogens with two attached hydrogens (primary N) is 1. The van der Waals surface area contributed by atoms with Gasteiger partial charge in [-0.15, -0.1) is 0 Å². The Labute approximate surface area is 115 Å². The molecule has 1 rings (SSSR count). The Morgan fingerprint density at radius 2 is 2.16 bits per heavy atom. The van der Waals surface area contributed by atoms with Crippen LogP contribution in [0.2, 0.25) is 0 Å². The Kier molecular flexibility index (Phi) is 6.83. The van der Waals surface area contributed by atoms with Crippen molar-refractivity contribution in [2.24, 2.45) is 5.73 Å². The average molecular weight is 286 g/mol. The number of ether oxygens (including phenoxy) is 1. The van der Waals surface area contributed by atoms with Gasteiger partial charge in [-0.05, 0) is 44.0 Å². The van der Waals surface area contributed by atoms with Gasteiger partial charge in [0.2, 0.25) is 10.0 Å². The number of sulfonamides is 1. The van der Waals surface area contributed by atoms with Crippen LogP contribution in [0, 0.1) is 0 Å². The molecule has 6 heteroatoms. The second-order valence-electron chi connectivity index (χ2n) is 4.21. The molecule has 0 spiro atoms. The Balaban J connectivity index is 2.60. The summed E-state index contributed by atoms with van der Waals surface area (Å²) in [5.74, 6) is -0.0339. The number of benzene rings is 1. The van der Waals surface area contributed by atoms with Crippen molar-refractivity contribution in [1.82, 2.24) is 0 Å². The first-order valence-electron chi connectivity index (χ1n) is 6.44. The zero-order valence-electron chi connectivity index (χ0n) is 11.3. The molecular weight excluding hydrogens is 264 g/mol. The lowest BCUT2D eigenvalue weighted by atomic mass is 10.1. The molecule has 0 unspecified atom stereocenters. The molecule has 0 saturated heterocycles. The van der Waals surface area contributed by atoms with Gasteiger partial charge in [0.15, 0.2) is 0 Å². The predicted octanol–water partition coefficient (Wildman–Crippen LogP) is 1.36. The molecule has 1 aromatic rings. The molecule has 0 aliphatic carbocycles. The van der Waals surface area contributed by atoms with Gasteiger partial charge in [0.25, 0.3) is 0 Å². The molecule has 0 heterocycles. The zero-order valence-corrected chi connectivity index (χ0v) is 12.1. The molecule has 0 aromatic heterocycles. The SMILES string of the molecule is CCOCCS(=O)(=O)Nc1cccc(CCCN)c1. The van der Waals surface area contributed by atoms with Gasteiger partial charge >= 0.3 is 0 Å². The van der Waals surface area contributed by atoms with Crippen LogP contribution in [0.4, 0.5) is 5.69 Å². The fourth-order valence-electron chi connectivity index (χ4n) is 1.64. The summed E-state index contributed by atoms with van der Waals surface area (Å²) in [6.45, 7) is 3.19. The molecule has 19 heavy (non-hydrogen) atoms. The molecule has 0 bridgehead atoms. The Bertz CT molecular complexity index is 475. The summed E-state index contributed by atoms with van der Waals surface area (Å²) in [7, 11) is -3.34. The first-order valence-corrected chi connectivity index (χ1v) is 8.10. The molecule has 0 aliphatic rings. The summed E-state index contributed by atoms with van der Waals surface area (Å²) in [5, 5.41) is 0. The van der Waals surface area contributed by atoms with E-state index in [1.165, 1.54) is 0 Å². The predicted molar refractivity (Wildman–Crippen MR) is 77.7 cm³/mol. The van der Waals surface area contributed by atoms with Crippen LogP contribution in [0.3, 0.4) is 0 Å². The van der Waals surface area contributed by atoms with Crippen molar-refractivity contribution < 1.29 is 13.2 Å². The van der Waals surface area contributed by atoms with E-state index in [4.69, 9.17) is 10.5 Å². The average Bonchev–Trinajstić information content (AvgIpc) is 2.36. The van der Waals surface area contributed by atoms with E-state index >= 15 is 0 Å². The minimum atomic E-state index is -3.34. The fourth-order valence-corrected chi connectivity index (χ4v) is 2.57. The molecule has 0 saturated carbocycles. The number of aryl methyl sites for hydroxylation is 1. The lowest BCUT2D eigenvalue weighted by Gasteiger charge is -2.09. The van der Waals surface area contributed by atoms with Crippen LogP contribution in [0.1, 0.15) is 18.9 Å². The van der Waals surface area contributed by atoms with Crippen LogP contribution in [0.5, 0.6) is 0 Å². The van der Waals surface area contributed by atoms with Gasteiger partial charge in [0.05, 0.1) is 12.4 Å². The summed E-state index contributed by atoms with van der Waals surface area (Å²) in [6, 6.07) is 7.39. The summed E-state index contributed by atoms with van der Waals surface area (Å²) in [6.07, 6.45) is 1.74. The Morgan fingerprint density at radius 3 is 2.84 bits per heavy atom. The highest BCUT2D eigenvalue weighted by molar-refractivity contribution is 7.92. The van der Waals surface area contributed by atoms with E-state index in [2.05, 4.69) is 4.72 Å². The van der Waals surface area contributed by atoms with E-state index < -0.39 is 10.0 Å². The van der Waals surface area contributed by atoms with Crippen molar-refractivity contribution in [2.45, 2.75) is 19.8 Å². The van der Waals surface area contributed by atoms with Crippen molar-refractivity contribution in [3.63, 3.8) is 0 Å². The van der Waals surface area contributed by atoms with Crippen molar-refractivity contribution in [3.05, 3.63) is 29.8 Å². The Hall–Kier alpha value is -1.11. The summed E-state index contributed by atoms with van der Waals surface area (Å²) < 4.78 is 31.2. The van der Waals surface area contributed by atoms with E-state index in [1.807, 2.05) is 25.1 Å². The lowest BCUT2D eigenvalue weighted by Crippen LogP contribution is -2.20. The molecule has 3 N–H and O–H groups in total. The van der Waals surface area contributed by atoms with E-state index in [9.17, 15) is 8.42 Å². The van der Waals surface area contributed by atoms with Gasteiger partial charge in [0.1, 0.15) is 0 Å². The minimum Gasteiger partial charge on any atom is -0.381 e. The third-order valence-electron chi connectivity index (χ3n) is 2.57. The quantitative estimate of drug-likeness (QED) is 0.672. The third-order valence-corrected chi connectivity index (χ3v) is 3.82. The third kappa shape index (κ3) is 6.56. The van der Waals surface area contributed by atoms with Crippen LogP contribution in [0.25, 0.3) is 0 Å². The number of nitrogens with one attached hydrogen (secondary N) is 1. The van der Waals surface area contributed by atoms with Crippen LogP contribution in [0.15, 0.2) is 24.3 Å². The van der Waals surface area contributed by atoms with E-state index in [0.717, 1.165) is 18.4 Å². The van der Waals surface area contributed by atoms with Crippen molar-refractivity contribution in [2.75, 3.05) is 30.2 Å². The van der Waals surface area contributed by atoms with Gasteiger partial charge in [-0.25, -0.2) is 8.42 Å². The monoisotopic (exact) mass is 286 g/mol. The topological polar surface area (TPSA) is 81.4 Å². The van der Waals surface area contributed by atoms with Gasteiger partial charge in [0, 0.05) is 12.3 Å². The summed E-state index contributed by atoms with van der Waals surface area (Å²) >= 11 is 0. The van der Waals surface area contributed by atoms with Gasteiger partial charge < -0.3 is 10.5 Å². The highest BCUT2D eigenvalue weighted by Gasteiger charge is 2.10. The number of rotatable bonds is 9. The van der Waals surface area contributed by atoms with E-state index in [-0.39, 0.29) is 12.4 Å². The van der Waals surface area contributed by atoms with Gasteiger partial charge in [-0.2, -0.15) is 0 Å². The minimum absolute atomic E-state index is 0.0339. The van der Waals surface area contributed by atoms with Crippen molar-refractivity contribution in [3.8, 4) is 0 Å². The smallest absolute Gasteiger partial charge is 0.234 e. The molecule has 0 atom stereocenters. The van der Waals surface area contributed by atoms with Crippen LogP contribution >= 0.6 is 0 Å². The van der Waals surface area contributed by atoms with Crippen LogP contribution in [-0.4, -0.2) is 33.9 Å². The van der Waals surface area contributed by atoms with Gasteiger partial charge in [-0.1, -0.05) is 12.1 Å². The normalized spacial score (nSPS) is 11.5. The zero-order chi connectivity index (χ0) is 14.1. The molecule has 108 valence electrons. The standard InChI is InChI=1S/C13H22N2O3S/c1-2-18-9-10-19(16,17)15-13-7-3-5-12(11-13)6-4-8-14/h3,5,7,11,15H,2,4,6,8-10,14H2,1H3. The maximum atomic E-state index is 11.8. The number of hydrogen-bond donors (Lipinski definition) is 2. The number of hydrogen-bond acceptors (Lipinski definition) is 4. The van der Waals surface area contributed by atoms with Crippen molar-refractivity contribution in [1.29, 1.82) is 0 Å². The van der Waals surface area contributed by atoms with E-state index in [1.54, 1.807) is 6.07 Å². The largest absolute Gasteiger partial charge is 0.381 e. The van der Waals surface area contributed by atoms with Crippen LogP contribution < -0.4 is 10.5 Å². The molecule has 0 amide bonds. The fraction of sp³-hybridized carbons (Fsp3) is 0.538. The van der Waals surface area contributed by atoms with Crippen LogP contribution in [-0.2, 0) is 21.2 Å². The maximum Gasteiger partial charge on any atom is 0.234 e. The lowest BCUT2D eigenvalue weighted by molar-refractivity contribution is 0.163. The maximum absolute atomic E-state index is 11.8. The first kappa shape index (κ1) is 15.9. The number of anilines is 1. The van der Waals surface area contributed by atoms with Gasteiger partial charge in [-0.3, -0.25) is 4.72 Å². The molecule has 0 aliphatic heterocycles. The molecule has 5 nitrogen and oxygen atoms in total. The molecular formula is C13H22N2O3S. The highest BCUT2D eigenvalue weighted by Crippen LogP contribution is 2.13. The van der Waals surface area contributed by atoms with E-state index in [0.29, 0.717) is 18.8 Å². The molecule has 0 fully saturated rings. The van der Waals surface area contributed by atoms with Crippen molar-refractivity contribution >= 4 is 15.7 Å². The second kappa shape index (κ2) is 8.14. The molecule has 1 aromatic carbocycles. The Morgan fingerprint density at radius 1 is 1.37 bits per heavy atom. The first-order chi connectivity index (χ1) is 9.07. The summed E-state index contributed by atoms with van der Waals surface area (Å²) in [4.78, 5) is 0.